The first kappa shape index (κ1) is 13.9. The van der Waals surface area contributed by atoms with Crippen LogP contribution in [0.4, 0.5) is 13.2 Å². The Balaban J connectivity index is 2.25. The lowest BCUT2D eigenvalue weighted by Gasteiger charge is -2.12. The zero-order valence-corrected chi connectivity index (χ0v) is 10.5. The van der Waals surface area contributed by atoms with Crippen molar-refractivity contribution in [1.29, 1.82) is 0 Å². The summed E-state index contributed by atoms with van der Waals surface area (Å²) in [4.78, 5) is 0. The van der Waals surface area contributed by atoms with Gasteiger partial charge in [0.15, 0.2) is 11.6 Å². The fourth-order valence-electron chi connectivity index (χ4n) is 1.79. The number of hydrogen-bond donors (Lipinski definition) is 1. The van der Waals surface area contributed by atoms with Crippen LogP contribution in [0.5, 0.6) is 0 Å². The normalized spacial score (nSPS) is 12.5. The largest absolute Gasteiger partial charge is 0.388 e. The first-order chi connectivity index (χ1) is 8.97. The van der Waals surface area contributed by atoms with Gasteiger partial charge in [0.2, 0.25) is 0 Å². The van der Waals surface area contributed by atoms with Crippen LogP contribution >= 0.6 is 11.6 Å². The van der Waals surface area contributed by atoms with E-state index in [1.807, 2.05) is 0 Å². The van der Waals surface area contributed by atoms with Crippen molar-refractivity contribution in [2.24, 2.45) is 0 Å². The number of hydrogen-bond acceptors (Lipinski definition) is 1. The SMILES string of the molecule is OC(Cc1cccc(Cl)c1)c1cc(F)c(F)cc1F. The molecule has 1 nitrogen and oxygen atoms in total. The van der Waals surface area contributed by atoms with E-state index in [1.165, 1.54) is 0 Å². The second-order valence-electron chi connectivity index (χ2n) is 4.14. The van der Waals surface area contributed by atoms with E-state index in [-0.39, 0.29) is 12.0 Å². The van der Waals surface area contributed by atoms with Gasteiger partial charge in [-0.3, -0.25) is 0 Å². The fourth-order valence-corrected chi connectivity index (χ4v) is 2.00. The minimum absolute atomic E-state index is 0.0581. The first-order valence-corrected chi connectivity index (χ1v) is 5.92. The summed E-state index contributed by atoms with van der Waals surface area (Å²) in [6.45, 7) is 0. The first-order valence-electron chi connectivity index (χ1n) is 5.54. The number of rotatable bonds is 3. The summed E-state index contributed by atoms with van der Waals surface area (Å²) in [6.07, 6.45) is -1.21. The molecule has 1 atom stereocenters. The molecule has 5 heteroatoms. The van der Waals surface area contributed by atoms with E-state index < -0.39 is 23.6 Å². The highest BCUT2D eigenvalue weighted by atomic mass is 35.5. The molecule has 19 heavy (non-hydrogen) atoms. The number of halogens is 4. The Hall–Kier alpha value is -1.52. The molecule has 0 aromatic heterocycles. The van der Waals surface area contributed by atoms with Gasteiger partial charge in [-0.15, -0.1) is 0 Å². The van der Waals surface area contributed by atoms with Gasteiger partial charge in [0.05, 0.1) is 6.10 Å². The summed E-state index contributed by atoms with van der Waals surface area (Å²) < 4.78 is 39.3. The van der Waals surface area contributed by atoms with Crippen molar-refractivity contribution in [1.82, 2.24) is 0 Å². The number of aliphatic hydroxyl groups excluding tert-OH is 1. The highest BCUT2D eigenvalue weighted by molar-refractivity contribution is 6.30. The summed E-state index contributed by atoms with van der Waals surface area (Å²) in [7, 11) is 0. The van der Waals surface area contributed by atoms with Crippen LogP contribution < -0.4 is 0 Å². The Labute approximate surface area is 113 Å². The number of benzene rings is 2. The van der Waals surface area contributed by atoms with Gasteiger partial charge in [-0.05, 0) is 23.8 Å². The van der Waals surface area contributed by atoms with Crippen LogP contribution in [0.2, 0.25) is 5.02 Å². The molecular weight excluding hydrogens is 277 g/mol. The van der Waals surface area contributed by atoms with E-state index in [1.54, 1.807) is 24.3 Å². The standard InChI is InChI=1S/C14H10ClF3O/c15-9-3-1-2-8(4-9)5-14(19)10-6-12(17)13(18)7-11(10)16/h1-4,6-7,14,19H,5H2. The van der Waals surface area contributed by atoms with Crippen LogP contribution in [0.15, 0.2) is 36.4 Å². The van der Waals surface area contributed by atoms with Crippen molar-refractivity contribution in [3.63, 3.8) is 0 Å². The molecule has 100 valence electrons. The van der Waals surface area contributed by atoms with Crippen molar-refractivity contribution in [2.75, 3.05) is 0 Å². The zero-order chi connectivity index (χ0) is 14.0. The Kier molecular flexibility index (Phi) is 4.12. The van der Waals surface area contributed by atoms with Gasteiger partial charge in [0.1, 0.15) is 5.82 Å². The zero-order valence-electron chi connectivity index (χ0n) is 9.71. The molecule has 0 saturated heterocycles. The smallest absolute Gasteiger partial charge is 0.161 e. The molecule has 0 fully saturated rings. The Morgan fingerprint density at radius 2 is 1.68 bits per heavy atom. The molecule has 0 spiro atoms. The molecule has 0 aliphatic carbocycles. The lowest BCUT2D eigenvalue weighted by atomic mass is 10.0. The highest BCUT2D eigenvalue weighted by Crippen LogP contribution is 2.24. The molecule has 0 aliphatic heterocycles. The summed E-state index contributed by atoms with van der Waals surface area (Å²) in [5, 5.41) is 10.4. The molecule has 1 unspecified atom stereocenters. The molecule has 2 aromatic carbocycles. The summed E-state index contributed by atoms with van der Waals surface area (Å²) in [6, 6.07) is 7.75. The molecule has 0 aliphatic rings. The molecule has 2 aromatic rings. The Morgan fingerprint density at radius 3 is 2.37 bits per heavy atom. The van der Waals surface area contributed by atoms with Gasteiger partial charge in [0.25, 0.3) is 0 Å². The summed E-state index contributed by atoms with van der Waals surface area (Å²) in [5.74, 6) is -3.45. The molecule has 1 N–H and O–H groups in total. The Bertz CT molecular complexity index is 601. The average Bonchev–Trinajstić information content (AvgIpc) is 2.33. The maximum Gasteiger partial charge on any atom is 0.161 e. The highest BCUT2D eigenvalue weighted by Gasteiger charge is 2.17. The summed E-state index contributed by atoms with van der Waals surface area (Å²) in [5.41, 5.74) is 0.392. The molecule has 0 bridgehead atoms. The van der Waals surface area contributed by atoms with Crippen LogP contribution in [0, 0.1) is 17.5 Å². The van der Waals surface area contributed by atoms with E-state index >= 15 is 0 Å². The summed E-state index contributed by atoms with van der Waals surface area (Å²) >= 11 is 5.79. The van der Waals surface area contributed by atoms with Gasteiger partial charge in [-0.1, -0.05) is 23.7 Å². The van der Waals surface area contributed by atoms with Crippen molar-refractivity contribution in [3.8, 4) is 0 Å². The lowest BCUT2D eigenvalue weighted by Crippen LogP contribution is -2.06. The van der Waals surface area contributed by atoms with E-state index in [2.05, 4.69) is 0 Å². The van der Waals surface area contributed by atoms with Gasteiger partial charge in [-0.2, -0.15) is 0 Å². The third kappa shape index (κ3) is 3.28. The van der Waals surface area contributed by atoms with E-state index in [0.29, 0.717) is 22.7 Å². The van der Waals surface area contributed by atoms with Crippen LogP contribution in [0.25, 0.3) is 0 Å². The third-order valence-electron chi connectivity index (χ3n) is 2.72. The van der Waals surface area contributed by atoms with Crippen LogP contribution in [0.1, 0.15) is 17.2 Å². The van der Waals surface area contributed by atoms with Crippen molar-refractivity contribution in [2.45, 2.75) is 12.5 Å². The van der Waals surface area contributed by atoms with Crippen LogP contribution in [0.3, 0.4) is 0 Å². The molecule has 2 rings (SSSR count). The van der Waals surface area contributed by atoms with E-state index in [4.69, 9.17) is 11.6 Å². The van der Waals surface area contributed by atoms with Gasteiger partial charge in [-0.25, -0.2) is 13.2 Å². The Morgan fingerprint density at radius 1 is 1.00 bits per heavy atom. The minimum Gasteiger partial charge on any atom is -0.388 e. The van der Waals surface area contributed by atoms with Crippen LogP contribution in [-0.4, -0.2) is 5.11 Å². The van der Waals surface area contributed by atoms with Crippen molar-refractivity contribution in [3.05, 3.63) is 70.0 Å². The molecule has 0 saturated carbocycles. The van der Waals surface area contributed by atoms with Gasteiger partial charge >= 0.3 is 0 Å². The third-order valence-corrected chi connectivity index (χ3v) is 2.95. The minimum atomic E-state index is -1.28. The topological polar surface area (TPSA) is 20.2 Å². The lowest BCUT2D eigenvalue weighted by molar-refractivity contribution is 0.172. The predicted octanol–water partition coefficient (Wildman–Crippen LogP) is 4.03. The maximum absolute atomic E-state index is 13.5. The van der Waals surface area contributed by atoms with Gasteiger partial charge < -0.3 is 5.11 Å². The predicted molar refractivity (Wildman–Crippen MR) is 66.4 cm³/mol. The second kappa shape index (κ2) is 5.63. The maximum atomic E-state index is 13.5. The van der Waals surface area contributed by atoms with Crippen LogP contribution in [-0.2, 0) is 6.42 Å². The monoisotopic (exact) mass is 286 g/mol. The number of aliphatic hydroxyl groups is 1. The molecule has 0 amide bonds. The molecular formula is C14H10ClF3O. The van der Waals surface area contributed by atoms with E-state index in [9.17, 15) is 18.3 Å². The van der Waals surface area contributed by atoms with E-state index in [0.717, 1.165) is 0 Å². The quantitative estimate of drug-likeness (QED) is 0.845. The van der Waals surface area contributed by atoms with Crippen molar-refractivity contribution < 1.29 is 18.3 Å². The molecule has 0 radical (unpaired) electrons. The second-order valence-corrected chi connectivity index (χ2v) is 4.57. The fraction of sp³-hybridized carbons (Fsp3) is 0.143. The average molecular weight is 287 g/mol. The van der Waals surface area contributed by atoms with Crippen molar-refractivity contribution >= 4 is 11.6 Å². The molecule has 0 heterocycles. The van der Waals surface area contributed by atoms with Gasteiger partial charge in [0, 0.05) is 23.1 Å².